The maximum absolute atomic E-state index is 6.30. The number of rotatable bonds is 4. The molecule has 0 saturated carbocycles. The maximum atomic E-state index is 6.30. The van der Waals surface area contributed by atoms with E-state index in [4.69, 9.17) is 4.42 Å². The van der Waals surface area contributed by atoms with E-state index in [1.807, 2.05) is 18.2 Å². The normalized spacial score (nSPS) is 18.0. The zero-order valence-electron chi connectivity index (χ0n) is 30.0. The minimum atomic E-state index is -0.480. The smallest absolute Gasteiger partial charge is 0.134 e. The van der Waals surface area contributed by atoms with Crippen LogP contribution in [-0.2, 0) is 10.8 Å². The van der Waals surface area contributed by atoms with Crippen LogP contribution in [0.5, 0.6) is 0 Å². The lowest BCUT2D eigenvalue weighted by Gasteiger charge is -2.48. The number of hydrogen-bond donors (Lipinski definition) is 0. The molecular weight excluding hydrogens is 665 g/mol. The standard InChI is InChI=1S/C54H34O/c1-3-14-36(15-4-1)50-32-33-51(55-50)37-28-26-35(27-29-37)38-30-31-46-43(34-38)41-19-8-10-22-45(41)54(46)48-24-12-11-23-47(48)53(39-16-5-2-6-17-39)44-21-9-7-18-40(44)42-20-13-25-49(54)52(42)53/h1-34H. The van der Waals surface area contributed by atoms with E-state index in [1.165, 1.54) is 77.9 Å². The molecule has 0 aliphatic heterocycles. The van der Waals surface area contributed by atoms with Crippen LogP contribution in [0.1, 0.15) is 44.5 Å². The van der Waals surface area contributed by atoms with Gasteiger partial charge in [0.25, 0.3) is 0 Å². The highest BCUT2D eigenvalue weighted by Gasteiger charge is 2.59. The van der Waals surface area contributed by atoms with Crippen LogP contribution in [0.3, 0.4) is 0 Å². The van der Waals surface area contributed by atoms with Gasteiger partial charge in [0.2, 0.25) is 0 Å². The number of hydrogen-bond acceptors (Lipinski definition) is 1. The lowest BCUT2D eigenvalue weighted by molar-refractivity contribution is 0.597. The highest BCUT2D eigenvalue weighted by Crippen LogP contribution is 2.68. The van der Waals surface area contributed by atoms with Crippen molar-refractivity contribution in [1.29, 1.82) is 0 Å². The molecule has 12 rings (SSSR count). The molecule has 0 bridgehead atoms. The van der Waals surface area contributed by atoms with Crippen LogP contribution < -0.4 is 0 Å². The minimum Gasteiger partial charge on any atom is -0.456 e. The molecule has 0 saturated heterocycles. The largest absolute Gasteiger partial charge is 0.456 e. The zero-order chi connectivity index (χ0) is 36.1. The summed E-state index contributed by atoms with van der Waals surface area (Å²) in [6.45, 7) is 0. The average molecular weight is 699 g/mol. The molecule has 3 aliphatic carbocycles. The van der Waals surface area contributed by atoms with Crippen molar-refractivity contribution >= 4 is 0 Å². The van der Waals surface area contributed by atoms with Crippen molar-refractivity contribution in [3.63, 3.8) is 0 Å². The Hall–Kier alpha value is -6.96. The van der Waals surface area contributed by atoms with E-state index >= 15 is 0 Å². The molecule has 1 heteroatoms. The molecule has 9 aromatic rings. The zero-order valence-corrected chi connectivity index (χ0v) is 30.0. The second-order valence-corrected chi connectivity index (χ2v) is 15.1. The molecule has 256 valence electrons. The van der Waals surface area contributed by atoms with Crippen molar-refractivity contribution in [3.8, 4) is 56.0 Å². The number of benzene rings is 8. The molecule has 1 heterocycles. The predicted octanol–water partition coefficient (Wildman–Crippen LogP) is 13.3. The lowest BCUT2D eigenvalue weighted by atomic mass is 9.52. The SMILES string of the molecule is c1ccc(-c2ccc(-c3ccc(-c4ccc5c(c4)-c4ccccc4C54c5ccccc5C5(c6ccccc6)c6ccccc6-c6cccc4c65)cc3)o2)cc1. The minimum absolute atomic E-state index is 0.430. The van der Waals surface area contributed by atoms with E-state index in [1.54, 1.807) is 0 Å². The Morgan fingerprint density at radius 1 is 0.273 bits per heavy atom. The van der Waals surface area contributed by atoms with Crippen LogP contribution in [0, 0.1) is 0 Å². The Labute approximate surface area is 320 Å². The van der Waals surface area contributed by atoms with E-state index in [0.717, 1.165) is 22.6 Å². The third-order valence-electron chi connectivity index (χ3n) is 12.6. The van der Waals surface area contributed by atoms with Crippen LogP contribution in [0.4, 0.5) is 0 Å². The molecule has 8 aromatic carbocycles. The predicted molar refractivity (Wildman–Crippen MR) is 223 cm³/mol. The van der Waals surface area contributed by atoms with E-state index < -0.39 is 10.8 Å². The van der Waals surface area contributed by atoms with E-state index in [2.05, 4.69) is 188 Å². The molecule has 1 spiro atoms. The Bertz CT molecular complexity index is 2970. The highest BCUT2D eigenvalue weighted by atomic mass is 16.3. The number of furan rings is 1. The second kappa shape index (κ2) is 11.3. The fourth-order valence-corrected chi connectivity index (χ4v) is 10.5. The molecule has 0 fully saturated rings. The molecule has 2 unspecified atom stereocenters. The summed E-state index contributed by atoms with van der Waals surface area (Å²) in [5, 5.41) is 0. The van der Waals surface area contributed by atoms with Crippen molar-refractivity contribution in [2.24, 2.45) is 0 Å². The summed E-state index contributed by atoms with van der Waals surface area (Å²) in [7, 11) is 0. The number of fused-ring (bicyclic) bond motifs is 12. The van der Waals surface area contributed by atoms with Gasteiger partial charge in [-0.1, -0.05) is 188 Å². The van der Waals surface area contributed by atoms with Gasteiger partial charge in [-0.3, -0.25) is 0 Å². The summed E-state index contributed by atoms with van der Waals surface area (Å²) >= 11 is 0. The third kappa shape index (κ3) is 3.92. The Balaban J connectivity index is 1.06. The van der Waals surface area contributed by atoms with Gasteiger partial charge in [0, 0.05) is 11.1 Å². The first-order valence-corrected chi connectivity index (χ1v) is 19.2. The first-order valence-electron chi connectivity index (χ1n) is 19.2. The van der Waals surface area contributed by atoms with Crippen LogP contribution in [0.15, 0.2) is 211 Å². The van der Waals surface area contributed by atoms with Gasteiger partial charge in [-0.05, 0) is 96.1 Å². The summed E-state index contributed by atoms with van der Waals surface area (Å²) in [5.74, 6) is 1.75. The Kier molecular flexibility index (Phi) is 6.25. The first kappa shape index (κ1) is 30.5. The van der Waals surface area contributed by atoms with Gasteiger partial charge in [0.1, 0.15) is 11.5 Å². The third-order valence-corrected chi connectivity index (χ3v) is 12.6. The fraction of sp³-hybridized carbons (Fsp3) is 0.0370. The van der Waals surface area contributed by atoms with Gasteiger partial charge in [-0.2, -0.15) is 0 Å². The van der Waals surface area contributed by atoms with Crippen molar-refractivity contribution < 1.29 is 4.42 Å². The van der Waals surface area contributed by atoms with Crippen LogP contribution >= 0.6 is 0 Å². The molecule has 3 aliphatic rings. The summed E-state index contributed by atoms with van der Waals surface area (Å²) in [6.07, 6.45) is 0. The van der Waals surface area contributed by atoms with E-state index in [0.29, 0.717) is 0 Å². The van der Waals surface area contributed by atoms with E-state index in [-0.39, 0.29) is 0 Å². The van der Waals surface area contributed by atoms with Gasteiger partial charge < -0.3 is 4.42 Å². The topological polar surface area (TPSA) is 13.1 Å². The molecule has 1 nitrogen and oxygen atoms in total. The summed E-state index contributed by atoms with van der Waals surface area (Å²) in [5.41, 5.74) is 19.8. The van der Waals surface area contributed by atoms with Gasteiger partial charge >= 0.3 is 0 Å². The fourth-order valence-electron chi connectivity index (χ4n) is 10.5. The molecule has 0 radical (unpaired) electrons. The quantitative estimate of drug-likeness (QED) is 0.178. The van der Waals surface area contributed by atoms with Gasteiger partial charge in [-0.25, -0.2) is 0 Å². The van der Waals surface area contributed by atoms with Crippen molar-refractivity contribution in [2.45, 2.75) is 10.8 Å². The highest BCUT2D eigenvalue weighted by molar-refractivity contribution is 5.96. The summed E-state index contributed by atoms with van der Waals surface area (Å²) in [6, 6.07) is 76.2. The van der Waals surface area contributed by atoms with Gasteiger partial charge in [0.05, 0.1) is 10.8 Å². The van der Waals surface area contributed by atoms with Crippen LogP contribution in [-0.4, -0.2) is 0 Å². The first-order chi connectivity index (χ1) is 27.3. The van der Waals surface area contributed by atoms with Crippen molar-refractivity contribution in [3.05, 3.63) is 251 Å². The lowest BCUT2D eigenvalue weighted by Crippen LogP contribution is -2.43. The summed E-state index contributed by atoms with van der Waals surface area (Å²) in [4.78, 5) is 0. The molecule has 1 aromatic heterocycles. The van der Waals surface area contributed by atoms with Crippen LogP contribution in [0.25, 0.3) is 56.0 Å². The second-order valence-electron chi connectivity index (χ2n) is 15.1. The average Bonchev–Trinajstić information content (AvgIpc) is 3.96. The van der Waals surface area contributed by atoms with Crippen molar-refractivity contribution in [1.82, 2.24) is 0 Å². The van der Waals surface area contributed by atoms with Crippen LogP contribution in [0.2, 0.25) is 0 Å². The molecule has 0 N–H and O–H groups in total. The molecular formula is C54H34O. The maximum Gasteiger partial charge on any atom is 0.134 e. The van der Waals surface area contributed by atoms with E-state index in [9.17, 15) is 0 Å². The van der Waals surface area contributed by atoms with Gasteiger partial charge in [0.15, 0.2) is 0 Å². The Morgan fingerprint density at radius 3 is 1.45 bits per heavy atom. The summed E-state index contributed by atoms with van der Waals surface area (Å²) < 4.78 is 6.30. The molecule has 55 heavy (non-hydrogen) atoms. The van der Waals surface area contributed by atoms with Crippen molar-refractivity contribution in [2.75, 3.05) is 0 Å². The molecule has 0 amide bonds. The van der Waals surface area contributed by atoms with Gasteiger partial charge in [-0.15, -0.1) is 0 Å². The Morgan fingerprint density at radius 2 is 0.745 bits per heavy atom. The molecule has 2 atom stereocenters. The monoisotopic (exact) mass is 698 g/mol.